The summed E-state index contributed by atoms with van der Waals surface area (Å²) >= 11 is 23.5. The van der Waals surface area contributed by atoms with E-state index in [0.717, 1.165) is 23.1 Å². The van der Waals surface area contributed by atoms with Crippen LogP contribution >= 0.6 is 66.7 Å². The van der Waals surface area contributed by atoms with Gasteiger partial charge in [-0.1, -0.05) is 24.4 Å². The van der Waals surface area contributed by atoms with Crippen molar-refractivity contribution in [2.75, 3.05) is 18.0 Å². The van der Waals surface area contributed by atoms with Crippen LogP contribution in [0.5, 0.6) is 0 Å². The summed E-state index contributed by atoms with van der Waals surface area (Å²) in [5, 5.41) is 3.55. The highest BCUT2D eigenvalue weighted by Gasteiger charge is 2.26. The Labute approximate surface area is 207 Å². The monoisotopic (exact) mass is 600 g/mol. The molecule has 1 N–H and O–H groups in total. The lowest BCUT2D eigenvalue weighted by molar-refractivity contribution is -0.120. The highest BCUT2D eigenvalue weighted by Crippen LogP contribution is 2.32. The number of aromatic nitrogens is 4. The molecule has 0 unspecified atom stereocenters. The molecule has 0 radical (unpaired) electrons. The molecule has 1 saturated carbocycles. The van der Waals surface area contributed by atoms with Crippen LogP contribution < -0.4 is 10.2 Å². The molecule has 0 bridgehead atoms. The van der Waals surface area contributed by atoms with Gasteiger partial charge in [0, 0.05) is 37.9 Å². The third-order valence-corrected chi connectivity index (χ3v) is 6.38. The fraction of sp³-hybridized carbons (Fsp3) is 0.500. The minimum atomic E-state index is 0.0665. The van der Waals surface area contributed by atoms with Crippen molar-refractivity contribution in [1.82, 2.24) is 25.3 Å². The molecule has 2 heterocycles. The lowest BCUT2D eigenvalue weighted by Crippen LogP contribution is -2.37. The molecule has 12 heteroatoms. The lowest BCUT2D eigenvalue weighted by atomic mass is 10.2. The van der Waals surface area contributed by atoms with Gasteiger partial charge in [-0.3, -0.25) is 4.79 Å². The number of hydrogen-bond donors (Lipinski definition) is 1. The fourth-order valence-corrected chi connectivity index (χ4v) is 4.09. The number of nitrogens with zero attached hydrogens (tertiary/aromatic N) is 5. The quantitative estimate of drug-likeness (QED) is 0.336. The molecule has 1 aliphatic carbocycles. The van der Waals surface area contributed by atoms with Crippen LogP contribution in [0, 0.1) is 0 Å². The smallest absolute Gasteiger partial charge is 0.224 e. The van der Waals surface area contributed by atoms with Crippen LogP contribution in [0.2, 0.25) is 15.7 Å². The van der Waals surface area contributed by atoms with Crippen molar-refractivity contribution >= 4 is 78.4 Å². The molecule has 1 fully saturated rings. The van der Waals surface area contributed by atoms with Gasteiger partial charge in [0.05, 0.1) is 8.95 Å². The normalized spacial score (nSPS) is 13.5. The van der Waals surface area contributed by atoms with Crippen LogP contribution in [0.25, 0.3) is 0 Å². The summed E-state index contributed by atoms with van der Waals surface area (Å²) in [7, 11) is 0. The van der Waals surface area contributed by atoms with Crippen LogP contribution in [0.3, 0.4) is 0 Å². The first-order chi connectivity index (χ1) is 14.3. The number of nitrogens with one attached hydrogen (secondary N) is 1. The van der Waals surface area contributed by atoms with Gasteiger partial charge in [-0.2, -0.15) is 4.98 Å². The van der Waals surface area contributed by atoms with Crippen LogP contribution in [0.4, 0.5) is 5.82 Å². The van der Waals surface area contributed by atoms with E-state index in [1.165, 1.54) is 19.0 Å². The molecule has 1 amide bonds. The van der Waals surface area contributed by atoms with E-state index < -0.39 is 0 Å². The first-order valence-corrected chi connectivity index (χ1v) is 12.1. The van der Waals surface area contributed by atoms with Crippen LogP contribution in [-0.2, 0) is 4.79 Å². The van der Waals surface area contributed by atoms with Gasteiger partial charge in [0.15, 0.2) is 0 Å². The van der Waals surface area contributed by atoms with Crippen molar-refractivity contribution in [2.45, 2.75) is 45.1 Å². The number of halogens is 5. The Hall–Kier alpha value is -0.740. The average Bonchev–Trinajstić information content (AvgIpc) is 3.23. The molecule has 0 atom stereocenters. The molecule has 30 heavy (non-hydrogen) atoms. The third kappa shape index (κ3) is 8.07. The van der Waals surface area contributed by atoms with Crippen molar-refractivity contribution in [3.8, 4) is 0 Å². The summed E-state index contributed by atoms with van der Waals surface area (Å²) < 4.78 is 1.46. The maximum Gasteiger partial charge on any atom is 0.224 e. The summed E-state index contributed by atoms with van der Waals surface area (Å²) in [5.41, 5.74) is 0. The molecule has 0 aliphatic heterocycles. The van der Waals surface area contributed by atoms with Crippen molar-refractivity contribution in [2.24, 2.45) is 0 Å². The first-order valence-electron chi connectivity index (χ1n) is 9.36. The van der Waals surface area contributed by atoms with Gasteiger partial charge in [0.25, 0.3) is 0 Å². The number of carbonyl (C=O) groups is 1. The first kappa shape index (κ1) is 25.5. The van der Waals surface area contributed by atoms with Crippen LogP contribution in [0.15, 0.2) is 21.3 Å². The standard InChI is InChI=1S/C14H20BrClN4O.C4HBrCl2N2/c1-2-17-12(21)7-8-20(10-5-3-4-6-10)13-11(15)9-18-14(16)19-13;5-2-1-8-4(7)9-3(2)6/h9-10H,2-8H2,1H3,(H,17,21);1H. The number of rotatable bonds is 6. The second-order valence-corrected chi connectivity index (χ2v) is 9.17. The number of amides is 1. The predicted octanol–water partition coefficient (Wildman–Crippen LogP) is 5.71. The molecule has 3 rings (SSSR count). The Morgan fingerprint density at radius 2 is 1.70 bits per heavy atom. The zero-order valence-electron chi connectivity index (χ0n) is 16.2. The Bertz CT molecular complexity index is 855. The largest absolute Gasteiger partial charge is 0.356 e. The zero-order chi connectivity index (χ0) is 22.1. The number of hydrogen-bond acceptors (Lipinski definition) is 6. The lowest BCUT2D eigenvalue weighted by Gasteiger charge is -2.30. The van der Waals surface area contributed by atoms with Gasteiger partial charge >= 0.3 is 0 Å². The molecule has 2 aromatic rings. The second-order valence-electron chi connectivity index (χ2n) is 6.42. The van der Waals surface area contributed by atoms with Crippen LogP contribution in [0.1, 0.15) is 39.0 Å². The van der Waals surface area contributed by atoms with Gasteiger partial charge < -0.3 is 10.2 Å². The van der Waals surface area contributed by atoms with Crippen LogP contribution in [-0.4, -0.2) is 45.0 Å². The van der Waals surface area contributed by atoms with E-state index in [1.54, 1.807) is 6.20 Å². The van der Waals surface area contributed by atoms with E-state index in [1.807, 2.05) is 6.92 Å². The number of anilines is 1. The van der Waals surface area contributed by atoms with E-state index >= 15 is 0 Å². The third-order valence-electron chi connectivity index (χ3n) is 4.36. The van der Waals surface area contributed by atoms with Gasteiger partial charge in [0.1, 0.15) is 11.0 Å². The van der Waals surface area contributed by atoms with Gasteiger partial charge in [-0.25, -0.2) is 15.0 Å². The molecule has 2 aromatic heterocycles. The topological polar surface area (TPSA) is 83.9 Å². The minimum Gasteiger partial charge on any atom is -0.356 e. The Balaban J connectivity index is 0.000000297. The summed E-state index contributed by atoms with van der Waals surface area (Å²) in [6.07, 6.45) is 8.32. The van der Waals surface area contributed by atoms with E-state index in [-0.39, 0.29) is 16.5 Å². The van der Waals surface area contributed by atoms with E-state index in [4.69, 9.17) is 34.8 Å². The fourth-order valence-electron chi connectivity index (χ4n) is 3.05. The summed E-state index contributed by atoms with van der Waals surface area (Å²) in [6.45, 7) is 3.22. The van der Waals surface area contributed by atoms with Gasteiger partial charge in [-0.15, -0.1) is 0 Å². The summed E-state index contributed by atoms with van der Waals surface area (Å²) in [6, 6.07) is 0.418. The number of carbonyl (C=O) groups excluding carboxylic acids is 1. The molecule has 7 nitrogen and oxygen atoms in total. The summed E-state index contributed by atoms with van der Waals surface area (Å²) in [5.74, 6) is 0.850. The Kier molecular flexibility index (Phi) is 11.0. The minimum absolute atomic E-state index is 0.0665. The maximum absolute atomic E-state index is 11.7. The van der Waals surface area contributed by atoms with Crippen molar-refractivity contribution in [1.29, 1.82) is 0 Å². The van der Waals surface area contributed by atoms with Gasteiger partial charge in [0.2, 0.25) is 16.5 Å². The zero-order valence-corrected chi connectivity index (χ0v) is 21.7. The molecule has 0 aromatic carbocycles. The maximum atomic E-state index is 11.7. The Morgan fingerprint density at radius 3 is 2.27 bits per heavy atom. The predicted molar refractivity (Wildman–Crippen MR) is 127 cm³/mol. The highest BCUT2D eigenvalue weighted by atomic mass is 79.9. The molecule has 1 aliphatic rings. The Morgan fingerprint density at radius 1 is 1.10 bits per heavy atom. The molecule has 0 saturated heterocycles. The second kappa shape index (κ2) is 13.0. The SMILES string of the molecule is CCNC(=O)CCN(c1nc(Cl)ncc1Br)C1CCCC1.Clc1ncc(Br)c(Cl)n1. The van der Waals surface area contributed by atoms with E-state index in [9.17, 15) is 4.79 Å². The summed E-state index contributed by atoms with van der Waals surface area (Å²) in [4.78, 5) is 29.6. The average molecular weight is 604 g/mol. The molecule has 0 spiro atoms. The van der Waals surface area contributed by atoms with Crippen molar-refractivity contribution in [3.05, 3.63) is 37.1 Å². The molecule has 164 valence electrons. The van der Waals surface area contributed by atoms with E-state index in [2.05, 4.69) is 62.0 Å². The molecular weight excluding hydrogens is 582 g/mol. The van der Waals surface area contributed by atoms with Crippen molar-refractivity contribution in [3.63, 3.8) is 0 Å². The van der Waals surface area contributed by atoms with E-state index in [0.29, 0.717) is 35.2 Å². The highest BCUT2D eigenvalue weighted by molar-refractivity contribution is 9.11. The van der Waals surface area contributed by atoms with Gasteiger partial charge in [-0.05, 0) is 74.8 Å². The van der Waals surface area contributed by atoms with Crippen molar-refractivity contribution < 1.29 is 4.79 Å². The molecular formula is C18H21Br2Cl3N6O.